The number of rotatable bonds is 4. The van der Waals surface area contributed by atoms with Crippen molar-refractivity contribution in [3.05, 3.63) is 405 Å². The Hall–Kier alpha value is -13.4. The van der Waals surface area contributed by atoms with Gasteiger partial charge < -0.3 is 51.8 Å². The third-order valence-electron chi connectivity index (χ3n) is 27.5. The predicted octanol–water partition coefficient (Wildman–Crippen LogP) is 35.9. The van der Waals surface area contributed by atoms with Gasteiger partial charge in [0.2, 0.25) is 10.6 Å². The number of benzene rings is 20. The Bertz CT molecular complexity index is 7910. The van der Waals surface area contributed by atoms with Gasteiger partial charge in [0.1, 0.15) is 44.4 Å². The molecule has 0 bridgehead atoms. The molecule has 0 spiro atoms. The van der Waals surface area contributed by atoms with Crippen LogP contribution in [0.4, 0.5) is 0 Å². The van der Waals surface area contributed by atoms with Crippen molar-refractivity contribution in [2.45, 2.75) is 71.6 Å². The summed E-state index contributed by atoms with van der Waals surface area (Å²) < 4.78 is 71.9. The third kappa shape index (κ3) is 14.6. The minimum atomic E-state index is -2.25. The van der Waals surface area contributed by atoms with E-state index in [-0.39, 0.29) is 7.43 Å². The molecule has 0 saturated carbocycles. The van der Waals surface area contributed by atoms with Gasteiger partial charge in [-0.05, 0) is 191 Å². The molecule has 0 amide bonds. The molecule has 1 unspecified atom stereocenters. The van der Waals surface area contributed by atoms with Crippen LogP contribution in [0.1, 0.15) is 83.1 Å². The molecule has 5 aliphatic rings. The zero-order chi connectivity index (χ0) is 90.2. The predicted molar refractivity (Wildman–Crippen MR) is 565 cm³/mol. The molecule has 20 aromatic carbocycles. The molecule has 6 heterocycles. The van der Waals surface area contributed by atoms with Crippen molar-refractivity contribution in [2.75, 3.05) is 0 Å². The van der Waals surface area contributed by atoms with Gasteiger partial charge in [0.05, 0.1) is 0 Å². The Morgan fingerprint density at radius 2 is 0.548 bits per heavy atom. The maximum atomic E-state index is 7.33. The van der Waals surface area contributed by atoms with Gasteiger partial charge in [-0.2, -0.15) is 0 Å². The number of para-hydroxylation sites is 4. The van der Waals surface area contributed by atoms with Gasteiger partial charge in [-0.3, -0.25) is 0 Å². The molecule has 0 saturated heterocycles. The van der Waals surface area contributed by atoms with Crippen LogP contribution in [0.5, 0.6) is 46.0 Å². The molecule has 22 aromatic rings. The molecule has 2 aromatic heterocycles. The number of hydrogen-bond acceptors (Lipinski definition) is 10. The fourth-order valence-corrected chi connectivity index (χ4v) is 26.8. The van der Waals surface area contributed by atoms with Crippen LogP contribution in [0, 0.1) is 13.3 Å². The topological polar surface area (TPSA) is 108 Å². The normalized spacial score (nSPS) is 14.8. The quantitative estimate of drug-likeness (QED) is 0.0731. The van der Waals surface area contributed by atoms with E-state index in [0.717, 1.165) is 248 Å². The van der Waals surface area contributed by atoms with E-state index in [0.29, 0.717) is 0 Å². The molecule has 662 valence electrons. The van der Waals surface area contributed by atoms with E-state index < -0.39 is 43.6 Å². The summed E-state index contributed by atoms with van der Waals surface area (Å²) >= 11 is 1.62. The summed E-state index contributed by atoms with van der Waals surface area (Å²) in [5, 5.41) is 25.7. The van der Waals surface area contributed by atoms with Gasteiger partial charge >= 0.3 is 43.8 Å². The molecule has 4 aliphatic heterocycles. The first kappa shape index (κ1) is 85.8. The van der Waals surface area contributed by atoms with E-state index in [1.807, 2.05) is 0 Å². The van der Waals surface area contributed by atoms with E-state index in [4.69, 9.17) is 44.4 Å². The number of halogens is 1. The van der Waals surface area contributed by atoms with Crippen LogP contribution >= 0.6 is 42.5 Å². The van der Waals surface area contributed by atoms with Crippen LogP contribution in [0.2, 0.25) is 0 Å². The molecule has 1 aliphatic carbocycles. The molecule has 1 atom stereocenters. The number of fused-ring (bicyclic) bond motifs is 32. The fourth-order valence-electron chi connectivity index (χ4n) is 20.7. The van der Waals surface area contributed by atoms with E-state index >= 15 is 0 Å². The zero-order valence-electron chi connectivity index (χ0n) is 75.1. The average Bonchev–Trinajstić information content (AvgIpc) is 1.70. The van der Waals surface area contributed by atoms with Crippen LogP contribution in [0.15, 0.2) is 392 Å². The second-order valence-electron chi connectivity index (χ2n) is 36.2. The summed E-state index contributed by atoms with van der Waals surface area (Å²) in [6.07, 6.45) is 6.42. The molecule has 10 nitrogen and oxygen atoms in total. The van der Waals surface area contributed by atoms with Crippen LogP contribution in [-0.4, -0.2) is 0 Å². The Morgan fingerprint density at radius 3 is 0.830 bits per heavy atom. The van der Waals surface area contributed by atoms with Crippen molar-refractivity contribution in [3.8, 4) is 78.9 Å². The van der Waals surface area contributed by atoms with Gasteiger partial charge in [-0.1, -0.05) is 337 Å². The Morgan fingerprint density at radius 1 is 0.296 bits per heavy atom. The summed E-state index contributed by atoms with van der Waals surface area (Å²) in [6.45, 7) is 13.6. The first-order valence-corrected chi connectivity index (χ1v) is 52.8. The molecular formula is C119H92ClO10P4Ru+. The van der Waals surface area contributed by atoms with E-state index in [9.17, 15) is 0 Å². The molecule has 135 heavy (non-hydrogen) atoms. The summed E-state index contributed by atoms with van der Waals surface area (Å²) in [4.78, 5) is 0. The van der Waals surface area contributed by atoms with Gasteiger partial charge in [0.15, 0.2) is 34.5 Å². The first-order valence-electron chi connectivity index (χ1n) is 45.4. The first-order chi connectivity index (χ1) is 65.8. The van der Waals surface area contributed by atoms with Crippen molar-refractivity contribution in [1.82, 2.24) is 0 Å². The molecule has 27 rings (SSSR count). The minimum absolute atomic E-state index is 0. The Balaban J connectivity index is 0.000000137. The van der Waals surface area contributed by atoms with E-state index in [1.54, 1.807) is 22.9 Å². The number of ether oxygens (including phenoxy) is 2. The SMILES string of the molecule is CC1(C)c2cccc(-p3oc4ccc5ccccc5c4c4c(ccc5ccccc54)o3)c2Oc2c(-p3oc4ccc5ccccc5c4c4c(ccc5ccccc54)o3)cccc21.CC1(C)c2cccc([PH+]3Oc4ccc5ccccc5c4-c4c(ccc5ccccc45)O3)c2Oc2c([PH+]3Oc4ccc5ccccc5c4-c4c(ccc5ccccc45)O3)cccc21.CC1=CCC(C)CC1.[CH3-].[Cl][RuH]. The molecule has 0 fully saturated rings. The second kappa shape index (κ2) is 34.8. The standard InChI is InChI=1S/2C55H36O5P2.C8H14.CH3.ClH.Ru.H/c2*1-55(2)41-21-11-23-47(61-57-43-29-25-33-13-3-7-17-37(33)49(43)50-38-18-8-4-14-34(38)26-30-44(50)58-61)53(41)56-54-42(55)22-12-24-48(54)62-59-45-31-27-35-15-5-9-19-39(35)51(45)52-40-20-10-6-16-36(40)28-32-46(52)60-62;1-7-3-5-8(2)6-4-7;;;;/h2*3-32H,1-2H3;3,8H,4-6H2,1-2H3;1H3;1H;;/q;;;-1;;+1;/p+1. The van der Waals surface area contributed by atoms with E-state index in [1.165, 1.54) is 19.3 Å². The van der Waals surface area contributed by atoms with Crippen molar-refractivity contribution in [2.24, 2.45) is 5.92 Å². The molecular weight excluding hydrogens is 1850 g/mol. The van der Waals surface area contributed by atoms with Crippen LogP contribution in [0.25, 0.3) is 163 Å². The number of hydrogen-bond donors (Lipinski definition) is 0. The van der Waals surface area contributed by atoms with Gasteiger partial charge in [-0.25, -0.2) is 0 Å². The molecule has 16 heteroatoms. The van der Waals surface area contributed by atoms with Crippen LogP contribution in [0.3, 0.4) is 0 Å². The van der Waals surface area contributed by atoms with Gasteiger partial charge in [0, 0.05) is 76.9 Å². The Kier molecular flexibility index (Phi) is 22.1. The van der Waals surface area contributed by atoms with E-state index in [2.05, 4.69) is 421 Å². The summed E-state index contributed by atoms with van der Waals surface area (Å²) in [5.41, 5.74) is 12.2. The van der Waals surface area contributed by atoms with Crippen molar-refractivity contribution < 1.29 is 61.7 Å². The summed E-state index contributed by atoms with van der Waals surface area (Å²) in [6, 6.07) is 127. The summed E-state index contributed by atoms with van der Waals surface area (Å²) in [5.74, 6) is 7.11. The van der Waals surface area contributed by atoms with Crippen molar-refractivity contribution in [1.29, 1.82) is 0 Å². The van der Waals surface area contributed by atoms with Gasteiger partial charge in [-0.15, -0.1) is 0 Å². The molecule has 0 N–H and O–H groups in total. The summed E-state index contributed by atoms with van der Waals surface area (Å²) in [7, 11) is -3.37. The number of allylic oxidation sites excluding steroid dienone is 2. The zero-order valence-corrected chi connectivity index (χ0v) is 81.6. The second-order valence-corrected chi connectivity index (χ2v) is 42.0. The van der Waals surface area contributed by atoms with Crippen LogP contribution < -0.4 is 38.2 Å². The van der Waals surface area contributed by atoms with Crippen molar-refractivity contribution in [3.63, 3.8) is 0 Å². The van der Waals surface area contributed by atoms with Crippen molar-refractivity contribution >= 4 is 183 Å². The monoisotopic (exact) mass is 1940 g/mol. The molecule has 0 radical (unpaired) electrons. The van der Waals surface area contributed by atoms with Gasteiger partial charge in [0.25, 0.3) is 16.0 Å². The maximum absolute atomic E-state index is 7.33. The average molecular weight is 1940 g/mol. The third-order valence-corrected chi connectivity index (χ3v) is 33.7. The fraction of sp³-hybridized carbons (Fsp3) is 0.101. The Labute approximate surface area is 800 Å². The van der Waals surface area contributed by atoms with Crippen LogP contribution in [-0.2, 0) is 28.1 Å².